The monoisotopic (exact) mass is 558 g/mol. The first-order chi connectivity index (χ1) is 19.4. The largest absolute Gasteiger partial charge is 0.496 e. The molecule has 0 spiro atoms. The Hall–Kier alpha value is -3.98. The average molecular weight is 559 g/mol. The molecule has 0 fully saturated rings. The predicted molar refractivity (Wildman–Crippen MR) is 151 cm³/mol. The lowest BCUT2D eigenvalue weighted by Gasteiger charge is -2.38. The first-order valence-electron chi connectivity index (χ1n) is 13.1. The minimum absolute atomic E-state index is 0.466. The molecule has 204 valence electrons. The molecule has 1 aliphatic rings. The molecule has 6 rings (SSSR count). The Kier molecular flexibility index (Phi) is 6.92. The number of halogens is 2. The number of thioether (sulfide) groups is 1. The fourth-order valence-electron chi connectivity index (χ4n) is 5.70. The molecule has 1 atom stereocenters. The van der Waals surface area contributed by atoms with Gasteiger partial charge < -0.3 is 13.7 Å². The van der Waals surface area contributed by atoms with E-state index in [9.17, 15) is 8.78 Å². The Morgan fingerprint density at radius 2 is 1.85 bits per heavy atom. The number of fused-ring (bicyclic) bond motifs is 1. The third kappa shape index (κ3) is 4.58. The summed E-state index contributed by atoms with van der Waals surface area (Å²) < 4.78 is 41.6. The summed E-state index contributed by atoms with van der Waals surface area (Å²) in [6.07, 6.45) is 5.86. The molecule has 40 heavy (non-hydrogen) atoms. The van der Waals surface area contributed by atoms with Crippen LogP contribution in [0.5, 0.6) is 5.75 Å². The van der Waals surface area contributed by atoms with E-state index >= 15 is 0 Å². The summed E-state index contributed by atoms with van der Waals surface area (Å²) in [6, 6.07) is 18.4. The molecule has 0 saturated carbocycles. The number of methoxy groups -OCH3 is 1. The molecule has 3 aromatic carbocycles. The highest BCUT2D eigenvalue weighted by Crippen LogP contribution is 2.44. The molecule has 6 nitrogen and oxygen atoms in total. The lowest BCUT2D eigenvalue weighted by Crippen LogP contribution is -2.38. The minimum atomic E-state index is -0.853. The highest BCUT2D eigenvalue weighted by molar-refractivity contribution is 7.98. The second-order valence-electron chi connectivity index (χ2n) is 10.00. The van der Waals surface area contributed by atoms with Crippen LogP contribution in [0.25, 0.3) is 22.7 Å². The number of aromatic nitrogens is 4. The average Bonchev–Trinajstić information content (AvgIpc) is 3.62. The summed E-state index contributed by atoms with van der Waals surface area (Å²) in [5.74, 6) is 1.68. The second-order valence-corrected chi connectivity index (χ2v) is 10.9. The van der Waals surface area contributed by atoms with Gasteiger partial charge in [0, 0.05) is 23.9 Å². The molecule has 3 heterocycles. The molecule has 0 amide bonds. The summed E-state index contributed by atoms with van der Waals surface area (Å²) >= 11 is 1.67. The van der Waals surface area contributed by atoms with Crippen molar-refractivity contribution in [3.05, 3.63) is 101 Å². The minimum Gasteiger partial charge on any atom is -0.496 e. The summed E-state index contributed by atoms with van der Waals surface area (Å²) in [7, 11) is 1.62. The highest BCUT2D eigenvalue weighted by atomic mass is 32.2. The number of aryl methyl sites for hydroxylation is 1. The van der Waals surface area contributed by atoms with Crippen LogP contribution in [-0.2, 0) is 18.4 Å². The Labute approximate surface area is 235 Å². The number of hydrogen-bond donors (Lipinski definition) is 0. The Bertz CT molecular complexity index is 1680. The fourth-order valence-corrected chi connectivity index (χ4v) is 6.11. The van der Waals surface area contributed by atoms with E-state index in [4.69, 9.17) is 14.3 Å². The van der Waals surface area contributed by atoms with Crippen LogP contribution in [0.1, 0.15) is 35.7 Å². The maximum atomic E-state index is 14.3. The van der Waals surface area contributed by atoms with Gasteiger partial charge in [-0.3, -0.25) is 0 Å². The molecule has 9 heteroatoms. The Morgan fingerprint density at radius 1 is 1.02 bits per heavy atom. The van der Waals surface area contributed by atoms with Crippen LogP contribution in [0.2, 0.25) is 0 Å². The molecule has 0 bridgehead atoms. The van der Waals surface area contributed by atoms with Crippen LogP contribution < -0.4 is 4.74 Å². The number of benzene rings is 3. The van der Waals surface area contributed by atoms with Crippen molar-refractivity contribution in [2.75, 3.05) is 13.4 Å². The molecule has 2 aromatic heterocycles. The van der Waals surface area contributed by atoms with Gasteiger partial charge in [0.2, 0.25) is 0 Å². The number of rotatable bonds is 7. The number of nitrogens with zero attached hydrogens (tertiary/aromatic N) is 4. The van der Waals surface area contributed by atoms with Crippen molar-refractivity contribution in [2.24, 2.45) is 0 Å². The van der Waals surface area contributed by atoms with Gasteiger partial charge in [-0.1, -0.05) is 24.3 Å². The second kappa shape index (κ2) is 10.5. The van der Waals surface area contributed by atoms with Crippen molar-refractivity contribution in [2.45, 2.75) is 43.0 Å². The van der Waals surface area contributed by atoms with Crippen molar-refractivity contribution in [1.29, 1.82) is 0 Å². The first kappa shape index (κ1) is 26.3. The number of oxazole rings is 1. The Morgan fingerprint density at radius 3 is 2.55 bits per heavy atom. The topological polar surface area (TPSA) is 66.0 Å². The van der Waals surface area contributed by atoms with E-state index in [0.29, 0.717) is 29.4 Å². The smallest absolute Gasteiger partial charge is 0.191 e. The van der Waals surface area contributed by atoms with Crippen LogP contribution in [0.4, 0.5) is 8.78 Å². The van der Waals surface area contributed by atoms with Gasteiger partial charge in [-0.2, -0.15) is 0 Å². The van der Waals surface area contributed by atoms with Gasteiger partial charge in [-0.05, 0) is 73.0 Å². The van der Waals surface area contributed by atoms with Crippen LogP contribution in [-0.4, -0.2) is 33.1 Å². The lowest BCUT2D eigenvalue weighted by atomic mass is 9.70. The standard InChI is InChI=1S/C31H28F2N4O2S/c1-19-34-18-28(39-19)24-11-6-21(16-27(24)38-2)29-35-36-30-31(13-4-14-37(29)30,22-7-9-23(40-3)10-8-22)17-20-5-12-25(32)26(33)15-20/h5-12,15-16,18H,4,13-14,17H2,1-3H3. The molecule has 5 aromatic rings. The molecule has 0 radical (unpaired) electrons. The Balaban J connectivity index is 1.47. The summed E-state index contributed by atoms with van der Waals surface area (Å²) in [4.78, 5) is 5.36. The van der Waals surface area contributed by atoms with Gasteiger partial charge in [0.05, 0.1) is 24.3 Å². The molecular formula is C31H28F2N4O2S. The van der Waals surface area contributed by atoms with E-state index in [-0.39, 0.29) is 0 Å². The van der Waals surface area contributed by atoms with E-state index in [0.717, 1.165) is 52.6 Å². The van der Waals surface area contributed by atoms with Crippen LogP contribution >= 0.6 is 11.8 Å². The molecular weight excluding hydrogens is 530 g/mol. The molecule has 1 aliphatic heterocycles. The van der Waals surface area contributed by atoms with E-state index in [1.54, 1.807) is 38.1 Å². The zero-order valence-corrected chi connectivity index (χ0v) is 23.3. The fraction of sp³-hybridized carbons (Fsp3) is 0.258. The predicted octanol–water partition coefficient (Wildman–Crippen LogP) is 7.24. The zero-order valence-electron chi connectivity index (χ0n) is 22.4. The molecule has 0 N–H and O–H groups in total. The van der Waals surface area contributed by atoms with Gasteiger partial charge in [0.15, 0.2) is 29.1 Å². The molecule has 1 unspecified atom stereocenters. The van der Waals surface area contributed by atoms with Crippen LogP contribution in [0.15, 0.2) is 76.2 Å². The first-order valence-corrected chi connectivity index (χ1v) is 14.3. The SMILES string of the molecule is COc1cc(-c2nnc3n2CCCC3(Cc2ccc(F)c(F)c2)c2ccc(SC)cc2)ccc1-c1cnc(C)o1. The van der Waals surface area contributed by atoms with Gasteiger partial charge in [-0.15, -0.1) is 22.0 Å². The van der Waals surface area contributed by atoms with Crippen molar-refractivity contribution in [3.63, 3.8) is 0 Å². The van der Waals surface area contributed by atoms with Crippen LogP contribution in [0, 0.1) is 18.6 Å². The van der Waals surface area contributed by atoms with Gasteiger partial charge >= 0.3 is 0 Å². The number of hydrogen-bond acceptors (Lipinski definition) is 6. The van der Waals surface area contributed by atoms with E-state index in [1.165, 1.54) is 12.1 Å². The normalized spacial score (nSPS) is 16.6. The van der Waals surface area contributed by atoms with Crippen molar-refractivity contribution < 1.29 is 17.9 Å². The number of ether oxygens (including phenoxy) is 1. The van der Waals surface area contributed by atoms with Gasteiger partial charge in [0.25, 0.3) is 0 Å². The van der Waals surface area contributed by atoms with E-state index < -0.39 is 17.0 Å². The van der Waals surface area contributed by atoms with E-state index in [1.807, 2.05) is 24.5 Å². The molecule has 0 saturated heterocycles. The molecule has 0 aliphatic carbocycles. The lowest BCUT2D eigenvalue weighted by molar-refractivity contribution is 0.348. The van der Waals surface area contributed by atoms with Crippen LogP contribution in [0.3, 0.4) is 0 Å². The summed E-state index contributed by atoms with van der Waals surface area (Å²) in [6.45, 7) is 2.54. The van der Waals surface area contributed by atoms with Crippen molar-refractivity contribution in [3.8, 4) is 28.5 Å². The van der Waals surface area contributed by atoms with Crippen molar-refractivity contribution in [1.82, 2.24) is 19.7 Å². The summed E-state index contributed by atoms with van der Waals surface area (Å²) in [5.41, 5.74) is 2.87. The van der Waals surface area contributed by atoms with Gasteiger partial charge in [-0.25, -0.2) is 13.8 Å². The summed E-state index contributed by atoms with van der Waals surface area (Å²) in [5, 5.41) is 9.41. The van der Waals surface area contributed by atoms with Crippen molar-refractivity contribution >= 4 is 11.8 Å². The third-order valence-corrected chi connectivity index (χ3v) is 8.39. The maximum Gasteiger partial charge on any atom is 0.191 e. The highest BCUT2D eigenvalue weighted by Gasteiger charge is 2.42. The third-order valence-electron chi connectivity index (χ3n) is 7.64. The zero-order chi connectivity index (χ0) is 27.9. The maximum absolute atomic E-state index is 14.3. The van der Waals surface area contributed by atoms with E-state index in [2.05, 4.69) is 38.9 Å². The quantitative estimate of drug-likeness (QED) is 0.196. The van der Waals surface area contributed by atoms with Gasteiger partial charge in [0.1, 0.15) is 11.6 Å².